The van der Waals surface area contributed by atoms with Crippen molar-refractivity contribution >= 4 is 16.0 Å². The van der Waals surface area contributed by atoms with Crippen LogP contribution < -0.4 is 4.89 Å². The zero-order valence-electron chi connectivity index (χ0n) is 10.1. The summed E-state index contributed by atoms with van der Waals surface area (Å²) in [4.78, 5) is 17.7. The maximum Gasteiger partial charge on any atom is 0.305 e. The van der Waals surface area contributed by atoms with Crippen molar-refractivity contribution in [3.8, 4) is 0 Å². The molecular weight excluding hydrogens is 234 g/mol. The molecule has 0 aromatic carbocycles. The van der Waals surface area contributed by atoms with E-state index >= 15 is 0 Å². The van der Waals surface area contributed by atoms with E-state index < -0.39 is 21.6 Å². The van der Waals surface area contributed by atoms with Crippen LogP contribution in [-0.2, 0) is 24.4 Å². The molecule has 0 saturated carbocycles. The minimum atomic E-state index is -3.50. The highest BCUT2D eigenvalue weighted by Gasteiger charge is 2.17. The molecule has 0 bridgehead atoms. The molecule has 96 valence electrons. The summed E-state index contributed by atoms with van der Waals surface area (Å²) in [6, 6.07) is 0. The highest BCUT2D eigenvalue weighted by Crippen LogP contribution is 2.05. The van der Waals surface area contributed by atoms with Crippen LogP contribution in [0.5, 0.6) is 0 Å². The normalized spacial score (nSPS) is 12.5. The number of hydrogen-bond acceptors (Lipinski definition) is 5. The Morgan fingerprint density at radius 3 is 2.31 bits per heavy atom. The van der Waals surface area contributed by atoms with Gasteiger partial charge in [-0.25, -0.2) is 8.42 Å². The van der Waals surface area contributed by atoms with E-state index in [9.17, 15) is 13.2 Å². The zero-order chi connectivity index (χ0) is 12.8. The Hall–Kier alpha value is -0.660. The maximum absolute atomic E-state index is 11.4. The fourth-order valence-corrected chi connectivity index (χ4v) is 1.72. The molecule has 0 unspecified atom stereocenters. The molecular formula is C9H19NO5S. The summed E-state index contributed by atoms with van der Waals surface area (Å²) < 4.78 is 27.1. The second-order valence-electron chi connectivity index (χ2n) is 4.30. The van der Waals surface area contributed by atoms with Gasteiger partial charge in [0.2, 0.25) is 10.0 Å². The Labute approximate surface area is 96.3 Å². The molecule has 0 aliphatic heterocycles. The van der Waals surface area contributed by atoms with E-state index in [1.807, 2.05) is 4.89 Å². The first-order valence-electron chi connectivity index (χ1n) is 4.90. The van der Waals surface area contributed by atoms with Gasteiger partial charge < -0.3 is 4.74 Å². The van der Waals surface area contributed by atoms with Crippen molar-refractivity contribution in [3.63, 3.8) is 0 Å². The van der Waals surface area contributed by atoms with Crippen molar-refractivity contribution in [2.45, 2.75) is 39.2 Å². The third kappa shape index (κ3) is 8.63. The van der Waals surface area contributed by atoms with E-state index in [2.05, 4.69) is 4.74 Å². The van der Waals surface area contributed by atoms with Gasteiger partial charge in [0.25, 0.3) is 0 Å². The van der Waals surface area contributed by atoms with E-state index in [-0.39, 0.29) is 18.6 Å². The summed E-state index contributed by atoms with van der Waals surface area (Å²) in [5, 5.41) is 0. The predicted octanol–water partition coefficient (Wildman–Crippen LogP) is 0.589. The first-order chi connectivity index (χ1) is 7.16. The van der Waals surface area contributed by atoms with Crippen molar-refractivity contribution < 1.29 is 22.8 Å². The molecule has 16 heavy (non-hydrogen) atoms. The summed E-state index contributed by atoms with van der Waals surface area (Å²) in [7, 11) is -2.24. The molecule has 0 aromatic heterocycles. The highest BCUT2D eigenvalue weighted by molar-refractivity contribution is 7.89. The van der Waals surface area contributed by atoms with Crippen LogP contribution in [0.3, 0.4) is 0 Å². The third-order valence-electron chi connectivity index (χ3n) is 1.50. The summed E-state index contributed by atoms with van der Waals surface area (Å²) in [6.07, 6.45) is 0.280. The lowest BCUT2D eigenvalue weighted by molar-refractivity contribution is -0.140. The van der Waals surface area contributed by atoms with Crippen molar-refractivity contribution in [1.29, 1.82) is 0 Å². The highest BCUT2D eigenvalue weighted by atomic mass is 32.2. The van der Waals surface area contributed by atoms with Crippen LogP contribution in [0.15, 0.2) is 0 Å². The largest absolute Gasteiger partial charge is 0.469 e. The second-order valence-corrected chi connectivity index (χ2v) is 6.10. The lowest BCUT2D eigenvalue weighted by Gasteiger charge is -2.18. The van der Waals surface area contributed by atoms with Crippen molar-refractivity contribution in [1.82, 2.24) is 4.89 Å². The molecule has 0 aromatic rings. The Bertz CT molecular complexity index is 317. The predicted molar refractivity (Wildman–Crippen MR) is 59.0 cm³/mol. The van der Waals surface area contributed by atoms with Crippen LogP contribution in [0.4, 0.5) is 0 Å². The standard InChI is InChI=1S/C9H19NO5S/c1-9(2,3)15-10-16(12,13)7-5-6-8(11)14-4/h10H,5-7H2,1-4H3. The van der Waals surface area contributed by atoms with Crippen LogP contribution in [0, 0.1) is 0 Å². The number of methoxy groups -OCH3 is 1. The molecule has 1 N–H and O–H groups in total. The molecule has 0 aliphatic rings. The third-order valence-corrected chi connectivity index (χ3v) is 2.66. The van der Waals surface area contributed by atoms with E-state index in [1.54, 1.807) is 20.8 Å². The van der Waals surface area contributed by atoms with Gasteiger partial charge in [0, 0.05) is 6.42 Å². The van der Waals surface area contributed by atoms with Gasteiger partial charge in [-0.1, -0.05) is 4.89 Å². The minimum Gasteiger partial charge on any atom is -0.469 e. The van der Waals surface area contributed by atoms with Gasteiger partial charge in [-0.3, -0.25) is 9.63 Å². The fraction of sp³-hybridized carbons (Fsp3) is 0.889. The van der Waals surface area contributed by atoms with Gasteiger partial charge in [0.05, 0.1) is 18.5 Å². The molecule has 0 saturated heterocycles. The Morgan fingerprint density at radius 2 is 1.88 bits per heavy atom. The van der Waals surface area contributed by atoms with Crippen LogP contribution in [-0.4, -0.2) is 32.9 Å². The molecule has 0 rings (SSSR count). The molecule has 0 fully saturated rings. The van der Waals surface area contributed by atoms with E-state index in [4.69, 9.17) is 4.84 Å². The summed E-state index contributed by atoms with van der Waals surface area (Å²) in [5.74, 6) is -0.593. The van der Waals surface area contributed by atoms with Gasteiger partial charge in [0.15, 0.2) is 0 Å². The number of nitrogens with one attached hydrogen (secondary N) is 1. The number of carbonyl (C=O) groups is 1. The Morgan fingerprint density at radius 1 is 1.31 bits per heavy atom. The van der Waals surface area contributed by atoms with Crippen molar-refractivity contribution in [2.75, 3.05) is 12.9 Å². The molecule has 7 heteroatoms. The van der Waals surface area contributed by atoms with Gasteiger partial charge in [-0.15, -0.1) is 0 Å². The molecule has 0 atom stereocenters. The van der Waals surface area contributed by atoms with Crippen molar-refractivity contribution in [2.24, 2.45) is 0 Å². The zero-order valence-corrected chi connectivity index (χ0v) is 10.9. The molecule has 0 aliphatic carbocycles. The molecule has 0 heterocycles. The van der Waals surface area contributed by atoms with Gasteiger partial charge in [0.1, 0.15) is 0 Å². The molecule has 0 amide bonds. The number of ether oxygens (including phenoxy) is 1. The molecule has 6 nitrogen and oxygen atoms in total. The van der Waals surface area contributed by atoms with E-state index in [1.165, 1.54) is 7.11 Å². The summed E-state index contributed by atoms with van der Waals surface area (Å²) in [5.41, 5.74) is -0.588. The molecule has 0 radical (unpaired) electrons. The van der Waals surface area contributed by atoms with Crippen LogP contribution in [0.2, 0.25) is 0 Å². The first-order valence-corrected chi connectivity index (χ1v) is 6.56. The number of esters is 1. The summed E-state index contributed by atoms with van der Waals surface area (Å²) in [6.45, 7) is 5.18. The van der Waals surface area contributed by atoms with Gasteiger partial charge in [-0.2, -0.15) is 0 Å². The molecule has 0 spiro atoms. The van der Waals surface area contributed by atoms with Crippen LogP contribution in [0.1, 0.15) is 33.6 Å². The van der Waals surface area contributed by atoms with Crippen molar-refractivity contribution in [3.05, 3.63) is 0 Å². The Kier molecular flexibility index (Phi) is 5.91. The number of sulfonamides is 1. The van der Waals surface area contributed by atoms with Crippen LogP contribution >= 0.6 is 0 Å². The quantitative estimate of drug-likeness (QED) is 0.553. The van der Waals surface area contributed by atoms with Crippen LogP contribution in [0.25, 0.3) is 0 Å². The second kappa shape index (κ2) is 6.17. The fourth-order valence-electron chi connectivity index (χ4n) is 0.739. The average molecular weight is 253 g/mol. The SMILES string of the molecule is COC(=O)CCCS(=O)(=O)NOC(C)(C)C. The summed E-state index contributed by atoms with van der Waals surface area (Å²) >= 11 is 0. The van der Waals surface area contributed by atoms with E-state index in [0.717, 1.165) is 0 Å². The number of rotatable bonds is 6. The minimum absolute atomic E-state index is 0.0763. The maximum atomic E-state index is 11.4. The van der Waals surface area contributed by atoms with Gasteiger partial charge in [-0.05, 0) is 27.2 Å². The van der Waals surface area contributed by atoms with Gasteiger partial charge >= 0.3 is 5.97 Å². The first kappa shape index (κ1) is 15.3. The lowest BCUT2D eigenvalue weighted by Crippen LogP contribution is -2.35. The number of carbonyl (C=O) groups excluding carboxylic acids is 1. The Balaban J connectivity index is 3.93. The lowest BCUT2D eigenvalue weighted by atomic mass is 10.2. The van der Waals surface area contributed by atoms with E-state index in [0.29, 0.717) is 0 Å². The topological polar surface area (TPSA) is 81.7 Å². The number of hydrogen-bond donors (Lipinski definition) is 1. The average Bonchev–Trinajstić information content (AvgIpc) is 2.13. The smallest absolute Gasteiger partial charge is 0.305 e. The monoisotopic (exact) mass is 253 g/mol.